The van der Waals surface area contributed by atoms with Crippen molar-refractivity contribution in [2.24, 2.45) is 0 Å². The first kappa shape index (κ1) is 13.9. The van der Waals surface area contributed by atoms with Crippen LogP contribution in [0.5, 0.6) is 0 Å². The highest BCUT2D eigenvalue weighted by molar-refractivity contribution is 5.57. The quantitative estimate of drug-likeness (QED) is 0.907. The van der Waals surface area contributed by atoms with Gasteiger partial charge in [-0.3, -0.25) is 0 Å². The Morgan fingerprint density at radius 3 is 2.65 bits per heavy atom. The number of nitrogens with zero attached hydrogens (tertiary/aromatic N) is 2. The zero-order valence-electron chi connectivity index (χ0n) is 12.9. The van der Waals surface area contributed by atoms with E-state index in [1.165, 1.54) is 68.9 Å². The van der Waals surface area contributed by atoms with Crippen LogP contribution < -0.4 is 5.32 Å². The minimum absolute atomic E-state index is 0.599. The molecule has 1 atom stereocenters. The van der Waals surface area contributed by atoms with Gasteiger partial charge in [0.1, 0.15) is 0 Å². The van der Waals surface area contributed by atoms with E-state index in [0.29, 0.717) is 6.04 Å². The molecule has 1 fully saturated rings. The molecule has 1 saturated heterocycles. The van der Waals surface area contributed by atoms with Crippen molar-refractivity contribution in [2.75, 3.05) is 44.6 Å². The van der Waals surface area contributed by atoms with Gasteiger partial charge in [0.05, 0.1) is 0 Å². The highest BCUT2D eigenvalue weighted by Crippen LogP contribution is 2.26. The summed E-state index contributed by atoms with van der Waals surface area (Å²) in [6.07, 6.45) is 2.37. The van der Waals surface area contributed by atoms with Crippen molar-refractivity contribution in [3.63, 3.8) is 0 Å². The van der Waals surface area contributed by atoms with Crippen LogP contribution in [-0.4, -0.2) is 55.1 Å². The summed E-state index contributed by atoms with van der Waals surface area (Å²) >= 11 is 0. The summed E-state index contributed by atoms with van der Waals surface area (Å²) < 4.78 is 0. The Kier molecular flexibility index (Phi) is 4.27. The topological polar surface area (TPSA) is 18.5 Å². The van der Waals surface area contributed by atoms with Crippen molar-refractivity contribution in [1.29, 1.82) is 0 Å². The molecule has 2 aliphatic rings. The summed E-state index contributed by atoms with van der Waals surface area (Å²) in [6.45, 7) is 11.9. The second-order valence-corrected chi connectivity index (χ2v) is 6.27. The molecule has 20 heavy (non-hydrogen) atoms. The van der Waals surface area contributed by atoms with Crippen LogP contribution in [0.15, 0.2) is 18.2 Å². The number of likely N-dealkylation sites (N-methyl/N-ethyl adjacent to an activating group) is 1. The van der Waals surface area contributed by atoms with Gasteiger partial charge in [0.2, 0.25) is 0 Å². The number of anilines is 1. The van der Waals surface area contributed by atoms with Crippen molar-refractivity contribution in [1.82, 2.24) is 9.80 Å². The van der Waals surface area contributed by atoms with E-state index in [1.54, 1.807) is 0 Å². The Bertz CT molecular complexity index is 450. The van der Waals surface area contributed by atoms with E-state index in [-0.39, 0.29) is 0 Å². The third kappa shape index (κ3) is 3.15. The van der Waals surface area contributed by atoms with Crippen molar-refractivity contribution in [3.8, 4) is 0 Å². The van der Waals surface area contributed by atoms with Crippen molar-refractivity contribution in [2.45, 2.75) is 32.7 Å². The van der Waals surface area contributed by atoms with E-state index in [4.69, 9.17) is 0 Å². The molecule has 0 aromatic heterocycles. The molecular formula is C17H27N3. The van der Waals surface area contributed by atoms with E-state index in [9.17, 15) is 0 Å². The van der Waals surface area contributed by atoms with Crippen LogP contribution in [0.4, 0.5) is 5.69 Å². The average Bonchev–Trinajstić information content (AvgIpc) is 2.85. The molecule has 1 unspecified atom stereocenters. The van der Waals surface area contributed by atoms with Gasteiger partial charge in [-0.2, -0.15) is 0 Å². The van der Waals surface area contributed by atoms with Crippen LogP contribution in [0.3, 0.4) is 0 Å². The molecule has 110 valence electrons. The van der Waals surface area contributed by atoms with Gasteiger partial charge in [-0.1, -0.05) is 19.1 Å². The highest BCUT2D eigenvalue weighted by atomic mass is 15.3. The van der Waals surface area contributed by atoms with Gasteiger partial charge in [-0.05, 0) is 43.5 Å². The van der Waals surface area contributed by atoms with Crippen LogP contribution in [0, 0.1) is 0 Å². The van der Waals surface area contributed by atoms with Gasteiger partial charge in [0, 0.05) is 44.5 Å². The lowest BCUT2D eigenvalue weighted by molar-refractivity contribution is 0.138. The summed E-state index contributed by atoms with van der Waals surface area (Å²) in [7, 11) is 0. The number of piperazine rings is 1. The number of fused-ring (bicyclic) bond motifs is 1. The number of rotatable bonds is 4. The van der Waals surface area contributed by atoms with Crippen molar-refractivity contribution < 1.29 is 0 Å². The van der Waals surface area contributed by atoms with E-state index in [0.717, 1.165) is 0 Å². The molecule has 2 aliphatic heterocycles. The average molecular weight is 273 g/mol. The Hall–Kier alpha value is -1.06. The van der Waals surface area contributed by atoms with E-state index in [2.05, 4.69) is 47.2 Å². The molecule has 1 N–H and O–H groups in total. The number of hydrogen-bond acceptors (Lipinski definition) is 3. The molecular weight excluding hydrogens is 246 g/mol. The summed E-state index contributed by atoms with van der Waals surface area (Å²) in [5.41, 5.74) is 4.35. The van der Waals surface area contributed by atoms with Crippen molar-refractivity contribution >= 4 is 5.69 Å². The third-order valence-corrected chi connectivity index (χ3v) is 4.73. The zero-order valence-corrected chi connectivity index (χ0v) is 12.9. The standard InChI is InChI=1S/C17H27N3/c1-3-19-8-10-20(11-9-19)7-6-15-4-5-17-16(13-15)12-14(2)18-17/h4-5,13-14,18H,3,6-12H2,1-2H3. The van der Waals surface area contributed by atoms with Crippen LogP contribution in [0.25, 0.3) is 0 Å². The molecule has 0 aliphatic carbocycles. The highest BCUT2D eigenvalue weighted by Gasteiger charge is 2.18. The molecule has 2 heterocycles. The minimum Gasteiger partial charge on any atom is -0.382 e. The third-order valence-electron chi connectivity index (χ3n) is 4.73. The maximum Gasteiger partial charge on any atom is 0.0375 e. The maximum absolute atomic E-state index is 3.53. The Balaban J connectivity index is 1.51. The predicted molar refractivity (Wildman–Crippen MR) is 85.5 cm³/mol. The Labute approximate surface area is 123 Å². The van der Waals surface area contributed by atoms with E-state index < -0.39 is 0 Å². The first-order valence-corrected chi connectivity index (χ1v) is 8.07. The minimum atomic E-state index is 0.599. The second kappa shape index (κ2) is 6.15. The first-order valence-electron chi connectivity index (χ1n) is 8.07. The molecule has 0 radical (unpaired) electrons. The van der Waals surface area contributed by atoms with Gasteiger partial charge in [-0.15, -0.1) is 0 Å². The Morgan fingerprint density at radius 1 is 1.15 bits per heavy atom. The smallest absolute Gasteiger partial charge is 0.0375 e. The maximum atomic E-state index is 3.53. The SMILES string of the molecule is CCN1CCN(CCc2ccc3c(c2)CC(C)N3)CC1. The van der Waals surface area contributed by atoms with Crippen LogP contribution in [0.1, 0.15) is 25.0 Å². The number of benzene rings is 1. The molecule has 1 aromatic rings. The molecule has 3 nitrogen and oxygen atoms in total. The summed E-state index contributed by atoms with van der Waals surface area (Å²) in [5.74, 6) is 0. The van der Waals surface area contributed by atoms with E-state index >= 15 is 0 Å². The van der Waals surface area contributed by atoms with Crippen LogP contribution in [-0.2, 0) is 12.8 Å². The van der Waals surface area contributed by atoms with Gasteiger partial charge in [-0.25, -0.2) is 0 Å². The lowest BCUT2D eigenvalue weighted by Gasteiger charge is -2.34. The molecule has 3 rings (SSSR count). The normalized spacial score (nSPS) is 23.6. The fourth-order valence-electron chi connectivity index (χ4n) is 3.37. The largest absolute Gasteiger partial charge is 0.382 e. The van der Waals surface area contributed by atoms with Crippen LogP contribution >= 0.6 is 0 Å². The number of nitrogens with one attached hydrogen (secondary N) is 1. The monoisotopic (exact) mass is 273 g/mol. The zero-order chi connectivity index (χ0) is 13.9. The van der Waals surface area contributed by atoms with Crippen LogP contribution in [0.2, 0.25) is 0 Å². The summed E-state index contributed by atoms with van der Waals surface area (Å²) in [6, 6.07) is 7.58. The van der Waals surface area contributed by atoms with Gasteiger partial charge < -0.3 is 15.1 Å². The fraction of sp³-hybridized carbons (Fsp3) is 0.647. The van der Waals surface area contributed by atoms with Gasteiger partial charge in [0.15, 0.2) is 0 Å². The Morgan fingerprint density at radius 2 is 1.90 bits per heavy atom. The van der Waals surface area contributed by atoms with Gasteiger partial charge in [0.25, 0.3) is 0 Å². The van der Waals surface area contributed by atoms with Gasteiger partial charge >= 0.3 is 0 Å². The van der Waals surface area contributed by atoms with Crippen molar-refractivity contribution in [3.05, 3.63) is 29.3 Å². The lowest BCUT2D eigenvalue weighted by Crippen LogP contribution is -2.46. The molecule has 0 saturated carbocycles. The fourth-order valence-corrected chi connectivity index (χ4v) is 3.37. The molecule has 0 spiro atoms. The molecule has 0 bridgehead atoms. The number of hydrogen-bond donors (Lipinski definition) is 1. The second-order valence-electron chi connectivity index (χ2n) is 6.27. The molecule has 0 amide bonds. The first-order chi connectivity index (χ1) is 9.74. The summed E-state index contributed by atoms with van der Waals surface area (Å²) in [5, 5.41) is 3.53. The lowest BCUT2D eigenvalue weighted by atomic mass is 10.0. The molecule has 1 aromatic carbocycles. The molecule has 3 heteroatoms. The van der Waals surface area contributed by atoms with E-state index in [1.807, 2.05) is 0 Å². The predicted octanol–water partition coefficient (Wildman–Crippen LogP) is 2.22. The summed E-state index contributed by atoms with van der Waals surface area (Å²) in [4.78, 5) is 5.15.